The minimum absolute atomic E-state index is 0.142. The number of aromatic nitrogens is 1. The number of ether oxygens (including phenoxy) is 2. The van der Waals surface area contributed by atoms with Gasteiger partial charge in [0.2, 0.25) is 5.91 Å². The van der Waals surface area contributed by atoms with Crippen LogP contribution in [0.5, 0.6) is 11.5 Å². The largest absolute Gasteiger partial charge is 0.486 e. The second-order valence-corrected chi connectivity index (χ2v) is 8.55. The van der Waals surface area contributed by atoms with Gasteiger partial charge in [-0.25, -0.2) is 0 Å². The second-order valence-electron chi connectivity index (χ2n) is 8.17. The third-order valence-electron chi connectivity index (χ3n) is 6.01. The first-order chi connectivity index (χ1) is 16.6. The van der Waals surface area contributed by atoms with E-state index in [-0.39, 0.29) is 24.3 Å². The Labute approximate surface area is 202 Å². The van der Waals surface area contributed by atoms with Gasteiger partial charge in [0.1, 0.15) is 18.8 Å². The second kappa shape index (κ2) is 9.50. The van der Waals surface area contributed by atoms with Crippen LogP contribution in [0.2, 0.25) is 5.02 Å². The van der Waals surface area contributed by atoms with Crippen LogP contribution in [0.1, 0.15) is 29.0 Å². The molecular formula is C27H22ClN3O3. The van der Waals surface area contributed by atoms with E-state index in [1.54, 1.807) is 12.1 Å². The number of H-pyrrole nitrogens is 1. The summed E-state index contributed by atoms with van der Waals surface area (Å²) < 4.78 is 11.7. The van der Waals surface area contributed by atoms with Crippen molar-refractivity contribution in [2.45, 2.75) is 18.4 Å². The van der Waals surface area contributed by atoms with Crippen molar-refractivity contribution in [3.8, 4) is 17.6 Å². The van der Waals surface area contributed by atoms with Gasteiger partial charge >= 0.3 is 0 Å². The molecule has 0 fully saturated rings. The van der Waals surface area contributed by atoms with Crippen molar-refractivity contribution < 1.29 is 14.3 Å². The number of hydrogen-bond donors (Lipinski definition) is 2. The molecule has 2 N–H and O–H groups in total. The van der Waals surface area contributed by atoms with Gasteiger partial charge in [0.15, 0.2) is 11.5 Å². The molecule has 1 amide bonds. The molecule has 1 aromatic heterocycles. The Bertz CT molecular complexity index is 1390. The number of hydrogen-bond acceptors (Lipinski definition) is 4. The van der Waals surface area contributed by atoms with E-state index in [4.69, 9.17) is 21.1 Å². The summed E-state index contributed by atoms with van der Waals surface area (Å²) in [6.07, 6.45) is 1.80. The Morgan fingerprint density at radius 3 is 2.74 bits per heavy atom. The summed E-state index contributed by atoms with van der Waals surface area (Å²) in [7, 11) is 0. The van der Waals surface area contributed by atoms with Crippen molar-refractivity contribution in [2.24, 2.45) is 0 Å². The highest BCUT2D eigenvalue weighted by atomic mass is 35.5. The average molecular weight is 472 g/mol. The number of nitrogens with zero attached hydrogens (tertiary/aromatic N) is 1. The van der Waals surface area contributed by atoms with Crippen molar-refractivity contribution in [2.75, 3.05) is 13.2 Å². The maximum Gasteiger partial charge on any atom is 0.221 e. The average Bonchev–Trinajstić information content (AvgIpc) is 3.30. The van der Waals surface area contributed by atoms with Crippen molar-refractivity contribution in [1.29, 1.82) is 5.26 Å². The number of carbonyl (C=O) groups is 1. The maximum atomic E-state index is 13.1. The minimum atomic E-state index is -0.332. The molecule has 5 rings (SSSR count). The predicted molar refractivity (Wildman–Crippen MR) is 130 cm³/mol. The maximum absolute atomic E-state index is 13.1. The Balaban J connectivity index is 1.37. The Morgan fingerprint density at radius 2 is 1.88 bits per heavy atom. The van der Waals surface area contributed by atoms with Gasteiger partial charge in [-0.1, -0.05) is 54.1 Å². The topological polar surface area (TPSA) is 87.1 Å². The van der Waals surface area contributed by atoms with Crippen LogP contribution in [0.3, 0.4) is 0 Å². The molecule has 0 saturated heterocycles. The molecule has 4 aromatic rings. The van der Waals surface area contributed by atoms with E-state index in [1.165, 1.54) is 0 Å². The first-order valence-corrected chi connectivity index (χ1v) is 11.4. The van der Waals surface area contributed by atoms with Crippen LogP contribution < -0.4 is 14.8 Å². The molecule has 0 aliphatic carbocycles. The van der Waals surface area contributed by atoms with E-state index in [0.29, 0.717) is 35.2 Å². The molecular weight excluding hydrogens is 450 g/mol. The molecule has 2 heterocycles. The van der Waals surface area contributed by atoms with Crippen molar-refractivity contribution >= 4 is 28.4 Å². The quantitative estimate of drug-likeness (QED) is 0.406. The fourth-order valence-corrected chi connectivity index (χ4v) is 4.62. The molecule has 0 bridgehead atoms. The van der Waals surface area contributed by atoms with E-state index >= 15 is 0 Å². The zero-order chi connectivity index (χ0) is 23.5. The summed E-state index contributed by atoms with van der Waals surface area (Å²) >= 11 is 6.60. The van der Waals surface area contributed by atoms with Crippen molar-refractivity contribution in [1.82, 2.24) is 10.3 Å². The molecule has 6 nitrogen and oxygen atoms in total. The van der Waals surface area contributed by atoms with Crippen molar-refractivity contribution in [3.63, 3.8) is 0 Å². The highest BCUT2D eigenvalue weighted by molar-refractivity contribution is 6.32. The molecule has 1 aliphatic heterocycles. The van der Waals surface area contributed by atoms with Crippen LogP contribution >= 0.6 is 11.6 Å². The van der Waals surface area contributed by atoms with E-state index < -0.39 is 0 Å². The number of halogens is 1. The smallest absolute Gasteiger partial charge is 0.221 e. The van der Waals surface area contributed by atoms with Crippen LogP contribution in [0, 0.1) is 11.3 Å². The van der Waals surface area contributed by atoms with Crippen LogP contribution in [-0.2, 0) is 4.79 Å². The molecule has 1 aliphatic rings. The Morgan fingerprint density at radius 1 is 1.09 bits per heavy atom. The first-order valence-electron chi connectivity index (χ1n) is 11.0. The van der Waals surface area contributed by atoms with E-state index in [0.717, 1.165) is 22.0 Å². The molecule has 34 heavy (non-hydrogen) atoms. The Hall–Kier alpha value is -3.95. The lowest BCUT2D eigenvalue weighted by atomic mass is 9.87. The van der Waals surface area contributed by atoms with Crippen LogP contribution in [0.15, 0.2) is 72.9 Å². The third-order valence-corrected chi connectivity index (χ3v) is 6.43. The summed E-state index contributed by atoms with van der Waals surface area (Å²) in [4.78, 5) is 16.4. The molecule has 7 heteroatoms. The fraction of sp³-hybridized carbons (Fsp3) is 0.185. The van der Waals surface area contributed by atoms with Gasteiger partial charge in [0.25, 0.3) is 0 Å². The molecule has 0 saturated carbocycles. The van der Waals surface area contributed by atoms with Crippen LogP contribution in [-0.4, -0.2) is 30.1 Å². The Kier molecular flexibility index (Phi) is 6.11. The minimum Gasteiger partial charge on any atom is -0.486 e. The standard InChI is InChI=1S/C27H22ClN3O3/c28-27-17(13-29)6-5-8-20(27)21(22-15-30-23-9-2-1-7-19(22)23)12-26(32)31-14-18-16-33-24-10-3-4-11-25(24)34-18/h1-11,15,18,21,30H,12,14,16H2,(H,31,32)/t18-,21-/m0/s1. The molecule has 2 atom stereocenters. The lowest BCUT2D eigenvalue weighted by Crippen LogP contribution is -2.41. The zero-order valence-electron chi connectivity index (χ0n) is 18.3. The zero-order valence-corrected chi connectivity index (χ0v) is 19.0. The lowest BCUT2D eigenvalue weighted by Gasteiger charge is -2.27. The van der Waals surface area contributed by atoms with Gasteiger partial charge in [-0.05, 0) is 35.4 Å². The number of nitriles is 1. The number of nitrogens with one attached hydrogen (secondary N) is 2. The summed E-state index contributed by atoms with van der Waals surface area (Å²) in [5.74, 6) is 0.902. The van der Waals surface area contributed by atoms with Gasteiger partial charge < -0.3 is 19.8 Å². The number of rotatable bonds is 6. The number of benzene rings is 3. The highest BCUT2D eigenvalue weighted by Gasteiger charge is 2.26. The molecule has 170 valence electrons. The first kappa shape index (κ1) is 21.9. The number of fused-ring (bicyclic) bond motifs is 2. The van der Waals surface area contributed by atoms with Crippen molar-refractivity contribution in [3.05, 3.63) is 94.6 Å². The predicted octanol–water partition coefficient (Wildman–Crippen LogP) is 5.17. The van der Waals surface area contributed by atoms with Gasteiger partial charge in [0.05, 0.1) is 17.1 Å². The molecule has 3 aromatic carbocycles. The van der Waals surface area contributed by atoms with Crippen LogP contribution in [0.4, 0.5) is 0 Å². The van der Waals surface area contributed by atoms with E-state index in [9.17, 15) is 10.1 Å². The fourth-order valence-electron chi connectivity index (χ4n) is 4.32. The number of carbonyl (C=O) groups excluding carboxylic acids is 1. The van der Waals surface area contributed by atoms with Crippen LogP contribution in [0.25, 0.3) is 10.9 Å². The van der Waals surface area contributed by atoms with E-state index in [1.807, 2.05) is 60.8 Å². The summed E-state index contributed by atoms with van der Waals surface area (Å²) in [6, 6.07) is 22.9. The van der Waals surface area contributed by atoms with Gasteiger partial charge in [-0.15, -0.1) is 0 Å². The lowest BCUT2D eigenvalue weighted by molar-refractivity contribution is -0.121. The number of amides is 1. The normalized spacial score (nSPS) is 15.5. The summed E-state index contributed by atoms with van der Waals surface area (Å²) in [6.45, 7) is 0.680. The molecule has 0 unspecified atom stereocenters. The summed E-state index contributed by atoms with van der Waals surface area (Å²) in [5, 5.41) is 13.8. The van der Waals surface area contributed by atoms with E-state index in [2.05, 4.69) is 16.4 Å². The molecule has 0 spiro atoms. The van der Waals surface area contributed by atoms with Gasteiger partial charge in [-0.3, -0.25) is 4.79 Å². The monoisotopic (exact) mass is 471 g/mol. The summed E-state index contributed by atoms with van der Waals surface area (Å²) in [5.41, 5.74) is 3.05. The van der Waals surface area contributed by atoms with Gasteiger partial charge in [0, 0.05) is 29.4 Å². The highest BCUT2D eigenvalue weighted by Crippen LogP contribution is 2.38. The number of aromatic amines is 1. The number of para-hydroxylation sites is 3. The third kappa shape index (κ3) is 4.30. The SMILES string of the molecule is N#Cc1cccc([C@H](CC(=O)NC[C@H]2COc3ccccc3O2)c2c[nH]c3ccccc23)c1Cl. The van der Waals surface area contributed by atoms with Gasteiger partial charge in [-0.2, -0.15) is 5.26 Å². The molecule has 0 radical (unpaired) electrons.